The van der Waals surface area contributed by atoms with Crippen LogP contribution in [-0.2, 0) is 7.05 Å². The third kappa shape index (κ3) is 3.55. The second-order valence-electron chi connectivity index (χ2n) is 4.67. The van der Waals surface area contributed by atoms with Gasteiger partial charge in [-0.05, 0) is 31.5 Å². The van der Waals surface area contributed by atoms with Crippen LogP contribution < -0.4 is 15.6 Å². The fraction of sp³-hybridized carbons (Fsp3) is 0.333. The number of hydrogen-bond donors (Lipinski definition) is 1. The molecular formula is C15H18ClN3O2. The first-order chi connectivity index (χ1) is 10.0. The average molecular weight is 308 g/mol. The molecule has 1 atom stereocenters. The zero-order valence-electron chi connectivity index (χ0n) is 12.3. The molecule has 0 aliphatic rings. The van der Waals surface area contributed by atoms with E-state index in [0.717, 1.165) is 11.3 Å². The van der Waals surface area contributed by atoms with E-state index in [4.69, 9.17) is 16.3 Å². The molecular weight excluding hydrogens is 290 g/mol. The summed E-state index contributed by atoms with van der Waals surface area (Å²) in [4.78, 5) is 11.8. The Morgan fingerprint density at radius 1 is 1.48 bits per heavy atom. The van der Waals surface area contributed by atoms with E-state index >= 15 is 0 Å². The van der Waals surface area contributed by atoms with Crippen molar-refractivity contribution in [2.24, 2.45) is 7.05 Å². The molecule has 1 heterocycles. The number of rotatable bonds is 5. The first-order valence-corrected chi connectivity index (χ1v) is 7.11. The molecule has 0 fully saturated rings. The maximum absolute atomic E-state index is 11.8. The Bertz CT molecular complexity index is 685. The van der Waals surface area contributed by atoms with Crippen molar-refractivity contribution < 1.29 is 4.74 Å². The van der Waals surface area contributed by atoms with Crippen LogP contribution in [0.25, 0.3) is 0 Å². The van der Waals surface area contributed by atoms with Crippen LogP contribution in [0.3, 0.4) is 0 Å². The van der Waals surface area contributed by atoms with Gasteiger partial charge in [-0.15, -0.1) is 0 Å². The number of benzene rings is 1. The lowest BCUT2D eigenvalue weighted by atomic mass is 10.1. The molecule has 1 N–H and O–H groups in total. The number of aromatic nitrogens is 2. The SMILES string of the molecule is CCOc1cccc(C(C)Nc2cnn(C)c(=O)c2Cl)c1. The third-order valence-corrected chi connectivity index (χ3v) is 3.48. The summed E-state index contributed by atoms with van der Waals surface area (Å²) in [6, 6.07) is 7.76. The molecule has 21 heavy (non-hydrogen) atoms. The van der Waals surface area contributed by atoms with Crippen LogP contribution >= 0.6 is 11.6 Å². The number of nitrogens with zero attached hydrogens (tertiary/aromatic N) is 2. The standard InChI is InChI=1S/C15H18ClN3O2/c1-4-21-12-7-5-6-11(8-12)10(2)18-13-9-17-19(3)15(20)14(13)16/h5-10,18H,4H2,1-3H3. The second-order valence-corrected chi connectivity index (χ2v) is 5.05. The first kappa shape index (κ1) is 15.4. The summed E-state index contributed by atoms with van der Waals surface area (Å²) in [5.74, 6) is 0.817. The molecule has 0 bridgehead atoms. The van der Waals surface area contributed by atoms with Gasteiger partial charge in [0.25, 0.3) is 5.56 Å². The van der Waals surface area contributed by atoms with Gasteiger partial charge in [0.05, 0.1) is 18.5 Å². The Hall–Kier alpha value is -2.01. The van der Waals surface area contributed by atoms with Gasteiger partial charge in [-0.3, -0.25) is 4.79 Å². The summed E-state index contributed by atoms with van der Waals surface area (Å²) in [5, 5.41) is 7.31. The highest BCUT2D eigenvalue weighted by Gasteiger charge is 2.12. The predicted molar refractivity (Wildman–Crippen MR) is 84.1 cm³/mol. The molecule has 0 radical (unpaired) electrons. The minimum atomic E-state index is -0.322. The third-order valence-electron chi connectivity index (χ3n) is 3.12. The van der Waals surface area contributed by atoms with Gasteiger partial charge in [0.2, 0.25) is 0 Å². The van der Waals surface area contributed by atoms with E-state index in [9.17, 15) is 4.79 Å². The molecule has 6 heteroatoms. The summed E-state index contributed by atoms with van der Waals surface area (Å²) in [5.41, 5.74) is 1.24. The molecule has 2 rings (SSSR count). The van der Waals surface area contributed by atoms with Gasteiger partial charge in [0, 0.05) is 13.1 Å². The van der Waals surface area contributed by atoms with Crippen molar-refractivity contribution >= 4 is 17.3 Å². The zero-order valence-corrected chi connectivity index (χ0v) is 13.0. The average Bonchev–Trinajstić information content (AvgIpc) is 2.48. The highest BCUT2D eigenvalue weighted by molar-refractivity contribution is 6.32. The van der Waals surface area contributed by atoms with E-state index in [1.165, 1.54) is 4.68 Å². The Morgan fingerprint density at radius 2 is 2.24 bits per heavy atom. The van der Waals surface area contributed by atoms with Gasteiger partial charge in [-0.2, -0.15) is 5.10 Å². The highest BCUT2D eigenvalue weighted by Crippen LogP contribution is 2.25. The molecule has 1 aromatic carbocycles. The van der Waals surface area contributed by atoms with E-state index in [2.05, 4.69) is 10.4 Å². The molecule has 0 spiro atoms. The molecule has 0 saturated carbocycles. The topological polar surface area (TPSA) is 56.1 Å². The Kier molecular flexibility index (Phi) is 4.85. The summed E-state index contributed by atoms with van der Waals surface area (Å²) in [6.45, 7) is 4.55. The van der Waals surface area contributed by atoms with Crippen molar-refractivity contribution in [2.75, 3.05) is 11.9 Å². The van der Waals surface area contributed by atoms with Crippen LogP contribution in [0.4, 0.5) is 5.69 Å². The molecule has 0 saturated heterocycles. The van der Waals surface area contributed by atoms with Crippen molar-refractivity contribution in [2.45, 2.75) is 19.9 Å². The van der Waals surface area contributed by atoms with Gasteiger partial charge in [-0.25, -0.2) is 4.68 Å². The lowest BCUT2D eigenvalue weighted by molar-refractivity contribution is 0.340. The summed E-state index contributed by atoms with van der Waals surface area (Å²) >= 11 is 6.05. The Balaban J connectivity index is 2.22. The fourth-order valence-electron chi connectivity index (χ4n) is 1.97. The normalized spacial score (nSPS) is 12.0. The maximum atomic E-state index is 11.8. The van der Waals surface area contributed by atoms with Crippen LogP contribution in [0.5, 0.6) is 5.75 Å². The van der Waals surface area contributed by atoms with Crippen molar-refractivity contribution in [1.82, 2.24) is 9.78 Å². The molecule has 1 unspecified atom stereocenters. The summed E-state index contributed by atoms with van der Waals surface area (Å²) in [6.07, 6.45) is 1.55. The van der Waals surface area contributed by atoms with Crippen LogP contribution in [0, 0.1) is 0 Å². The lowest BCUT2D eigenvalue weighted by Gasteiger charge is -2.17. The van der Waals surface area contributed by atoms with Crippen LogP contribution in [0.2, 0.25) is 5.02 Å². The van der Waals surface area contributed by atoms with Gasteiger partial charge in [0.15, 0.2) is 0 Å². The van der Waals surface area contributed by atoms with E-state index < -0.39 is 0 Å². The largest absolute Gasteiger partial charge is 0.494 e. The first-order valence-electron chi connectivity index (χ1n) is 6.74. The number of nitrogens with one attached hydrogen (secondary N) is 1. The number of aryl methyl sites for hydroxylation is 1. The zero-order chi connectivity index (χ0) is 15.4. The van der Waals surface area contributed by atoms with Gasteiger partial charge < -0.3 is 10.1 Å². The molecule has 0 amide bonds. The van der Waals surface area contributed by atoms with Gasteiger partial charge in [-0.1, -0.05) is 23.7 Å². The maximum Gasteiger partial charge on any atom is 0.287 e. The van der Waals surface area contributed by atoms with E-state index in [1.54, 1.807) is 13.2 Å². The molecule has 0 aliphatic carbocycles. The monoisotopic (exact) mass is 307 g/mol. The quantitative estimate of drug-likeness (QED) is 0.922. The lowest BCUT2D eigenvalue weighted by Crippen LogP contribution is -2.21. The van der Waals surface area contributed by atoms with Crippen LogP contribution in [0.15, 0.2) is 35.3 Å². The summed E-state index contributed by atoms with van der Waals surface area (Å²) < 4.78 is 6.69. The molecule has 5 nitrogen and oxygen atoms in total. The van der Waals surface area contributed by atoms with Gasteiger partial charge >= 0.3 is 0 Å². The number of halogens is 1. The molecule has 2 aromatic rings. The fourth-order valence-corrected chi connectivity index (χ4v) is 2.19. The van der Waals surface area contributed by atoms with E-state index in [1.807, 2.05) is 38.1 Å². The van der Waals surface area contributed by atoms with Crippen LogP contribution in [-0.4, -0.2) is 16.4 Å². The number of hydrogen-bond acceptors (Lipinski definition) is 4. The van der Waals surface area contributed by atoms with Crippen molar-refractivity contribution in [1.29, 1.82) is 0 Å². The molecule has 1 aromatic heterocycles. The van der Waals surface area contributed by atoms with Crippen molar-refractivity contribution in [3.05, 3.63) is 51.4 Å². The van der Waals surface area contributed by atoms with Crippen molar-refractivity contribution in [3.63, 3.8) is 0 Å². The molecule has 0 aliphatic heterocycles. The minimum absolute atomic E-state index is 0.0307. The number of ether oxygens (including phenoxy) is 1. The Labute approximate surface area is 128 Å². The Morgan fingerprint density at radius 3 is 2.95 bits per heavy atom. The van der Waals surface area contributed by atoms with E-state index in [-0.39, 0.29) is 16.6 Å². The highest BCUT2D eigenvalue weighted by atomic mass is 35.5. The van der Waals surface area contributed by atoms with E-state index in [0.29, 0.717) is 12.3 Å². The molecule has 112 valence electrons. The van der Waals surface area contributed by atoms with Gasteiger partial charge in [0.1, 0.15) is 10.8 Å². The smallest absolute Gasteiger partial charge is 0.287 e. The number of anilines is 1. The second kappa shape index (κ2) is 6.63. The predicted octanol–water partition coefficient (Wildman–Crippen LogP) is 3.01. The minimum Gasteiger partial charge on any atom is -0.494 e. The summed E-state index contributed by atoms with van der Waals surface area (Å²) in [7, 11) is 1.56. The van der Waals surface area contributed by atoms with Crippen LogP contribution in [0.1, 0.15) is 25.5 Å². The van der Waals surface area contributed by atoms with Crippen molar-refractivity contribution in [3.8, 4) is 5.75 Å².